The number of fused-ring (bicyclic) bond motifs is 1. The van der Waals surface area contributed by atoms with E-state index in [0.717, 1.165) is 0 Å². The van der Waals surface area contributed by atoms with Crippen molar-refractivity contribution >= 4 is 28.9 Å². The lowest BCUT2D eigenvalue weighted by Gasteiger charge is -2.15. The number of methoxy groups -OCH3 is 3. The molecule has 2 aromatic rings. The van der Waals surface area contributed by atoms with Crippen molar-refractivity contribution < 1.29 is 28.5 Å². The predicted octanol–water partition coefficient (Wildman–Crippen LogP) is 2.07. The summed E-state index contributed by atoms with van der Waals surface area (Å²) < 4.78 is 26.3. The highest BCUT2D eigenvalue weighted by atomic mass is 32.1. The van der Waals surface area contributed by atoms with Gasteiger partial charge in [0.2, 0.25) is 12.5 Å². The molecular formula is C18H19N3O6S. The normalized spacial score (nSPS) is 11.4. The van der Waals surface area contributed by atoms with Crippen LogP contribution in [0.15, 0.2) is 30.3 Å². The van der Waals surface area contributed by atoms with Gasteiger partial charge in [-0.05, 0) is 36.5 Å². The molecular weight excluding hydrogens is 386 g/mol. The second kappa shape index (κ2) is 8.53. The molecule has 1 amide bonds. The van der Waals surface area contributed by atoms with Gasteiger partial charge in [-0.1, -0.05) is 0 Å². The Hall–Kier alpha value is -3.40. The Balaban J connectivity index is 1.62. The first-order valence-electron chi connectivity index (χ1n) is 8.12. The summed E-state index contributed by atoms with van der Waals surface area (Å²) in [6.45, 7) is 0.187. The monoisotopic (exact) mass is 405 g/mol. The number of amides is 1. The first-order valence-corrected chi connectivity index (χ1v) is 8.53. The quantitative estimate of drug-likeness (QED) is 0.510. The second-order valence-electron chi connectivity index (χ2n) is 5.52. The van der Waals surface area contributed by atoms with Gasteiger partial charge in [-0.15, -0.1) is 0 Å². The van der Waals surface area contributed by atoms with Gasteiger partial charge in [0.05, 0.1) is 21.3 Å². The fourth-order valence-corrected chi connectivity index (χ4v) is 2.70. The van der Waals surface area contributed by atoms with Gasteiger partial charge in [0, 0.05) is 17.3 Å². The highest BCUT2D eigenvalue weighted by Crippen LogP contribution is 2.38. The third-order valence-corrected chi connectivity index (χ3v) is 4.05. The Labute approximate surface area is 166 Å². The number of thiocarbonyl (C=S) groups is 1. The lowest BCUT2D eigenvalue weighted by atomic mass is 10.1. The summed E-state index contributed by atoms with van der Waals surface area (Å²) >= 11 is 5.19. The average Bonchev–Trinajstić information content (AvgIpc) is 3.18. The summed E-state index contributed by atoms with van der Waals surface area (Å²) in [5, 5.41) is 3.14. The summed E-state index contributed by atoms with van der Waals surface area (Å²) in [6.07, 6.45) is 0. The molecule has 0 unspecified atom stereocenters. The van der Waals surface area contributed by atoms with E-state index in [1.165, 1.54) is 33.5 Å². The van der Waals surface area contributed by atoms with Gasteiger partial charge >= 0.3 is 0 Å². The molecule has 0 bridgehead atoms. The SMILES string of the molecule is COc1cc(C(=O)NNC(=S)Nc2ccc3c(c2)OCO3)cc(OC)c1OC. The molecule has 2 aromatic carbocycles. The summed E-state index contributed by atoms with van der Waals surface area (Å²) in [5.41, 5.74) is 6.13. The van der Waals surface area contributed by atoms with Crippen LogP contribution in [0.1, 0.15) is 10.4 Å². The highest BCUT2D eigenvalue weighted by Gasteiger charge is 2.17. The molecule has 0 atom stereocenters. The minimum Gasteiger partial charge on any atom is -0.493 e. The van der Waals surface area contributed by atoms with Crippen molar-refractivity contribution in [2.75, 3.05) is 33.4 Å². The fraction of sp³-hybridized carbons (Fsp3) is 0.222. The van der Waals surface area contributed by atoms with E-state index in [9.17, 15) is 4.79 Å². The van der Waals surface area contributed by atoms with E-state index >= 15 is 0 Å². The number of rotatable bonds is 5. The summed E-state index contributed by atoms with van der Waals surface area (Å²) in [7, 11) is 4.44. The van der Waals surface area contributed by atoms with E-state index in [-0.39, 0.29) is 11.9 Å². The largest absolute Gasteiger partial charge is 0.493 e. The Kier molecular flexibility index (Phi) is 5.90. The Morgan fingerprint density at radius 1 is 0.964 bits per heavy atom. The number of hydrazine groups is 1. The molecule has 0 aromatic heterocycles. The van der Waals surface area contributed by atoms with Gasteiger partial charge in [0.15, 0.2) is 28.1 Å². The van der Waals surface area contributed by atoms with E-state index < -0.39 is 5.91 Å². The number of hydrogen-bond donors (Lipinski definition) is 3. The molecule has 0 radical (unpaired) electrons. The molecule has 148 valence electrons. The number of ether oxygens (including phenoxy) is 5. The topological polar surface area (TPSA) is 99.3 Å². The fourth-order valence-electron chi connectivity index (χ4n) is 2.53. The van der Waals surface area contributed by atoms with E-state index in [2.05, 4.69) is 16.2 Å². The van der Waals surface area contributed by atoms with Crippen molar-refractivity contribution in [3.05, 3.63) is 35.9 Å². The van der Waals surface area contributed by atoms with Crippen LogP contribution in [0.25, 0.3) is 0 Å². The minimum atomic E-state index is -0.436. The number of hydrogen-bond acceptors (Lipinski definition) is 7. The molecule has 9 nitrogen and oxygen atoms in total. The Morgan fingerprint density at radius 3 is 2.29 bits per heavy atom. The molecule has 3 N–H and O–H groups in total. The maximum absolute atomic E-state index is 12.4. The van der Waals surface area contributed by atoms with Gasteiger partial charge in [-0.3, -0.25) is 15.6 Å². The predicted molar refractivity (Wildman–Crippen MR) is 105 cm³/mol. The molecule has 0 spiro atoms. The number of anilines is 1. The Bertz CT molecular complexity index is 880. The van der Waals surface area contributed by atoms with Gasteiger partial charge in [-0.25, -0.2) is 0 Å². The molecule has 1 heterocycles. The molecule has 3 rings (SSSR count). The van der Waals surface area contributed by atoms with Crippen molar-refractivity contribution in [3.8, 4) is 28.7 Å². The van der Waals surface area contributed by atoms with Crippen LogP contribution >= 0.6 is 12.2 Å². The van der Waals surface area contributed by atoms with E-state index in [1.807, 2.05) is 0 Å². The van der Waals surface area contributed by atoms with Crippen molar-refractivity contribution in [2.45, 2.75) is 0 Å². The Morgan fingerprint density at radius 2 is 1.64 bits per heavy atom. The van der Waals surface area contributed by atoms with Crippen LogP contribution < -0.4 is 39.9 Å². The zero-order valence-corrected chi connectivity index (χ0v) is 16.3. The lowest BCUT2D eigenvalue weighted by Crippen LogP contribution is -2.43. The van der Waals surface area contributed by atoms with Crippen molar-refractivity contribution in [1.82, 2.24) is 10.9 Å². The van der Waals surface area contributed by atoms with Crippen LogP contribution in [0, 0.1) is 0 Å². The molecule has 10 heteroatoms. The van der Waals surface area contributed by atoms with Crippen molar-refractivity contribution in [1.29, 1.82) is 0 Å². The molecule has 0 fully saturated rings. The molecule has 1 aliphatic rings. The zero-order chi connectivity index (χ0) is 20.1. The van der Waals surface area contributed by atoms with Gasteiger partial charge in [-0.2, -0.15) is 0 Å². The maximum atomic E-state index is 12.4. The molecule has 0 saturated carbocycles. The van der Waals surface area contributed by atoms with Crippen LogP contribution in [0.5, 0.6) is 28.7 Å². The summed E-state index contributed by atoms with van der Waals surface area (Å²) in [5.74, 6) is 1.99. The minimum absolute atomic E-state index is 0.187. The van der Waals surface area contributed by atoms with Gasteiger partial charge < -0.3 is 29.0 Å². The lowest BCUT2D eigenvalue weighted by molar-refractivity contribution is 0.0943. The van der Waals surface area contributed by atoms with E-state index in [4.69, 9.17) is 35.9 Å². The number of carbonyl (C=O) groups excluding carboxylic acids is 1. The second-order valence-corrected chi connectivity index (χ2v) is 5.92. The van der Waals surface area contributed by atoms with E-state index in [0.29, 0.717) is 40.0 Å². The van der Waals surface area contributed by atoms with Gasteiger partial charge in [0.1, 0.15) is 0 Å². The molecule has 0 aliphatic carbocycles. The van der Waals surface area contributed by atoms with Gasteiger partial charge in [0.25, 0.3) is 5.91 Å². The van der Waals surface area contributed by atoms with Crippen LogP contribution in [0.2, 0.25) is 0 Å². The number of nitrogens with one attached hydrogen (secondary N) is 3. The molecule has 28 heavy (non-hydrogen) atoms. The van der Waals surface area contributed by atoms with Crippen LogP contribution in [-0.4, -0.2) is 39.1 Å². The number of carbonyl (C=O) groups is 1. The van der Waals surface area contributed by atoms with Crippen molar-refractivity contribution in [3.63, 3.8) is 0 Å². The smallest absolute Gasteiger partial charge is 0.269 e. The third kappa shape index (κ3) is 4.12. The van der Waals surface area contributed by atoms with Crippen LogP contribution in [0.4, 0.5) is 5.69 Å². The third-order valence-electron chi connectivity index (χ3n) is 3.85. The first-order chi connectivity index (χ1) is 13.5. The van der Waals surface area contributed by atoms with E-state index in [1.54, 1.807) is 18.2 Å². The van der Waals surface area contributed by atoms with Crippen LogP contribution in [-0.2, 0) is 0 Å². The molecule has 1 aliphatic heterocycles. The zero-order valence-electron chi connectivity index (χ0n) is 15.5. The maximum Gasteiger partial charge on any atom is 0.269 e. The molecule has 0 saturated heterocycles. The summed E-state index contributed by atoms with van der Waals surface area (Å²) in [4.78, 5) is 12.4. The van der Waals surface area contributed by atoms with Crippen LogP contribution in [0.3, 0.4) is 0 Å². The first kappa shape index (κ1) is 19.4. The van der Waals surface area contributed by atoms with Crippen molar-refractivity contribution in [2.24, 2.45) is 0 Å². The summed E-state index contributed by atoms with van der Waals surface area (Å²) in [6, 6.07) is 8.36. The average molecular weight is 405 g/mol. The number of benzene rings is 2. The highest BCUT2D eigenvalue weighted by molar-refractivity contribution is 7.80. The standard InChI is InChI=1S/C18H19N3O6S/c1-23-14-6-10(7-15(24-2)16(14)25-3)17(22)20-21-18(28)19-11-4-5-12-13(8-11)27-9-26-12/h4-8H,9H2,1-3H3,(H,20,22)(H2,19,21,28).